The van der Waals surface area contributed by atoms with Crippen molar-refractivity contribution in [1.82, 2.24) is 0 Å². The van der Waals surface area contributed by atoms with Crippen molar-refractivity contribution >= 4 is 5.78 Å². The molecule has 0 amide bonds. The van der Waals surface area contributed by atoms with E-state index in [9.17, 15) is 4.79 Å². The molecule has 2 fully saturated rings. The van der Waals surface area contributed by atoms with Crippen molar-refractivity contribution < 1.29 is 4.79 Å². The standard InChI is InChI=1S/C15H24O/c16-15(11-13-7-3-1-4-8-13)12-14-9-5-2-6-10-14/h11,14H,1-10,12H2. The number of allylic oxidation sites excluding steroid dienone is 2. The van der Waals surface area contributed by atoms with Crippen LogP contribution in [0.4, 0.5) is 0 Å². The third-order valence-electron chi connectivity index (χ3n) is 4.08. The SMILES string of the molecule is O=C(C=C1CCCCC1)CC1CCCCC1. The average molecular weight is 220 g/mol. The predicted molar refractivity (Wildman–Crippen MR) is 67.4 cm³/mol. The number of ketones is 1. The van der Waals surface area contributed by atoms with Gasteiger partial charge in [-0.2, -0.15) is 0 Å². The van der Waals surface area contributed by atoms with E-state index in [0.717, 1.165) is 6.42 Å². The molecule has 90 valence electrons. The zero-order valence-corrected chi connectivity index (χ0v) is 10.3. The van der Waals surface area contributed by atoms with Crippen LogP contribution in [0.1, 0.15) is 70.6 Å². The van der Waals surface area contributed by atoms with E-state index in [4.69, 9.17) is 0 Å². The van der Waals surface area contributed by atoms with Crippen LogP contribution in [0.15, 0.2) is 11.6 Å². The molecular weight excluding hydrogens is 196 g/mol. The Bertz CT molecular complexity index is 251. The summed E-state index contributed by atoms with van der Waals surface area (Å²) in [5.41, 5.74) is 1.42. The highest BCUT2D eigenvalue weighted by Gasteiger charge is 2.16. The lowest BCUT2D eigenvalue weighted by molar-refractivity contribution is -0.115. The molecule has 0 spiro atoms. The fourth-order valence-corrected chi connectivity index (χ4v) is 3.11. The van der Waals surface area contributed by atoms with E-state index in [1.54, 1.807) is 0 Å². The van der Waals surface area contributed by atoms with Gasteiger partial charge in [0.2, 0.25) is 0 Å². The molecule has 0 aromatic carbocycles. The summed E-state index contributed by atoms with van der Waals surface area (Å²) in [4.78, 5) is 11.9. The van der Waals surface area contributed by atoms with Crippen molar-refractivity contribution in [1.29, 1.82) is 0 Å². The zero-order chi connectivity index (χ0) is 11.2. The van der Waals surface area contributed by atoms with Crippen molar-refractivity contribution in [2.45, 2.75) is 70.6 Å². The normalized spacial score (nSPS) is 23.1. The van der Waals surface area contributed by atoms with Crippen LogP contribution in [-0.2, 0) is 4.79 Å². The second kappa shape index (κ2) is 6.22. The summed E-state index contributed by atoms with van der Waals surface area (Å²) in [6.07, 6.45) is 15.7. The molecule has 0 aliphatic heterocycles. The third-order valence-corrected chi connectivity index (χ3v) is 4.08. The van der Waals surface area contributed by atoms with Crippen LogP contribution in [0.3, 0.4) is 0 Å². The van der Waals surface area contributed by atoms with Crippen LogP contribution in [-0.4, -0.2) is 5.78 Å². The summed E-state index contributed by atoms with van der Waals surface area (Å²) in [5, 5.41) is 0. The Morgan fingerprint density at radius 1 is 1.00 bits per heavy atom. The van der Waals surface area contributed by atoms with Gasteiger partial charge < -0.3 is 0 Å². The Morgan fingerprint density at radius 3 is 2.31 bits per heavy atom. The second-order valence-electron chi connectivity index (χ2n) is 5.54. The van der Waals surface area contributed by atoms with Gasteiger partial charge in [-0.1, -0.05) is 44.1 Å². The average Bonchev–Trinajstić information content (AvgIpc) is 2.31. The van der Waals surface area contributed by atoms with Gasteiger partial charge in [-0.3, -0.25) is 4.79 Å². The summed E-state index contributed by atoms with van der Waals surface area (Å²) in [6, 6.07) is 0. The minimum atomic E-state index is 0.406. The quantitative estimate of drug-likeness (QED) is 0.644. The first-order valence-electron chi connectivity index (χ1n) is 7.07. The highest BCUT2D eigenvalue weighted by Crippen LogP contribution is 2.28. The van der Waals surface area contributed by atoms with Crippen molar-refractivity contribution in [3.8, 4) is 0 Å². The van der Waals surface area contributed by atoms with Gasteiger partial charge in [0.15, 0.2) is 5.78 Å². The lowest BCUT2D eigenvalue weighted by Crippen LogP contribution is -2.11. The molecule has 2 saturated carbocycles. The molecule has 0 aromatic heterocycles. The van der Waals surface area contributed by atoms with E-state index in [1.807, 2.05) is 6.08 Å². The van der Waals surface area contributed by atoms with E-state index >= 15 is 0 Å². The first kappa shape index (κ1) is 11.9. The fraction of sp³-hybridized carbons (Fsp3) is 0.800. The lowest BCUT2D eigenvalue weighted by atomic mass is 9.85. The van der Waals surface area contributed by atoms with Gasteiger partial charge >= 0.3 is 0 Å². The van der Waals surface area contributed by atoms with E-state index in [1.165, 1.54) is 69.8 Å². The number of hydrogen-bond donors (Lipinski definition) is 0. The van der Waals surface area contributed by atoms with Crippen molar-refractivity contribution in [2.24, 2.45) is 5.92 Å². The van der Waals surface area contributed by atoms with Crippen LogP contribution >= 0.6 is 0 Å². The molecule has 1 nitrogen and oxygen atoms in total. The maximum Gasteiger partial charge on any atom is 0.155 e. The molecule has 0 heterocycles. The van der Waals surface area contributed by atoms with E-state index < -0.39 is 0 Å². The van der Waals surface area contributed by atoms with Crippen LogP contribution in [0.2, 0.25) is 0 Å². The molecule has 0 aromatic rings. The monoisotopic (exact) mass is 220 g/mol. The molecule has 0 radical (unpaired) electrons. The molecule has 16 heavy (non-hydrogen) atoms. The largest absolute Gasteiger partial charge is 0.295 e. The third kappa shape index (κ3) is 3.77. The Kier molecular flexibility index (Phi) is 4.62. The van der Waals surface area contributed by atoms with Crippen LogP contribution in [0, 0.1) is 5.92 Å². The van der Waals surface area contributed by atoms with Crippen molar-refractivity contribution in [3.63, 3.8) is 0 Å². The molecule has 0 saturated heterocycles. The zero-order valence-electron chi connectivity index (χ0n) is 10.3. The summed E-state index contributed by atoms with van der Waals surface area (Å²) in [5.74, 6) is 1.10. The molecule has 0 unspecified atom stereocenters. The second-order valence-corrected chi connectivity index (χ2v) is 5.54. The van der Waals surface area contributed by atoms with E-state index in [2.05, 4.69) is 0 Å². The molecule has 2 rings (SSSR count). The Morgan fingerprint density at radius 2 is 1.62 bits per heavy atom. The molecule has 2 aliphatic carbocycles. The molecule has 0 N–H and O–H groups in total. The maximum absolute atomic E-state index is 11.9. The first-order valence-corrected chi connectivity index (χ1v) is 7.07. The van der Waals surface area contributed by atoms with E-state index in [0.29, 0.717) is 11.7 Å². The van der Waals surface area contributed by atoms with Gasteiger partial charge in [0.05, 0.1) is 0 Å². The van der Waals surface area contributed by atoms with Gasteiger partial charge in [-0.25, -0.2) is 0 Å². The molecular formula is C15H24O. The van der Waals surface area contributed by atoms with Gasteiger partial charge in [0, 0.05) is 6.42 Å². The summed E-state index contributed by atoms with van der Waals surface area (Å²) in [6.45, 7) is 0. The number of rotatable bonds is 3. The molecule has 2 aliphatic rings. The number of hydrogen-bond acceptors (Lipinski definition) is 1. The lowest BCUT2D eigenvalue weighted by Gasteiger charge is -2.20. The summed E-state index contributed by atoms with van der Waals surface area (Å²) < 4.78 is 0. The highest BCUT2D eigenvalue weighted by atomic mass is 16.1. The Hall–Kier alpha value is -0.590. The highest BCUT2D eigenvalue weighted by molar-refractivity contribution is 5.90. The minimum Gasteiger partial charge on any atom is -0.295 e. The van der Waals surface area contributed by atoms with Crippen molar-refractivity contribution in [2.75, 3.05) is 0 Å². The topological polar surface area (TPSA) is 17.1 Å². The smallest absolute Gasteiger partial charge is 0.155 e. The number of carbonyl (C=O) groups excluding carboxylic acids is 1. The van der Waals surface area contributed by atoms with Gasteiger partial charge in [0.1, 0.15) is 0 Å². The first-order chi connectivity index (χ1) is 7.84. The van der Waals surface area contributed by atoms with Crippen LogP contribution in [0.5, 0.6) is 0 Å². The Balaban J connectivity index is 1.78. The van der Waals surface area contributed by atoms with Crippen LogP contribution < -0.4 is 0 Å². The minimum absolute atomic E-state index is 0.406. The van der Waals surface area contributed by atoms with Gasteiger partial charge in [-0.05, 0) is 37.7 Å². The summed E-state index contributed by atoms with van der Waals surface area (Å²) >= 11 is 0. The van der Waals surface area contributed by atoms with Crippen molar-refractivity contribution in [3.05, 3.63) is 11.6 Å². The predicted octanol–water partition coefficient (Wildman–Crippen LogP) is 4.42. The molecule has 0 atom stereocenters. The Labute approximate surface area is 99.3 Å². The fourth-order valence-electron chi connectivity index (χ4n) is 3.11. The molecule has 1 heteroatoms. The maximum atomic E-state index is 11.9. The number of carbonyl (C=O) groups is 1. The van der Waals surface area contributed by atoms with E-state index in [-0.39, 0.29) is 0 Å². The molecule has 0 bridgehead atoms. The van der Waals surface area contributed by atoms with Crippen LogP contribution in [0.25, 0.3) is 0 Å². The van der Waals surface area contributed by atoms with Gasteiger partial charge in [-0.15, -0.1) is 0 Å². The van der Waals surface area contributed by atoms with Gasteiger partial charge in [0.25, 0.3) is 0 Å². The summed E-state index contributed by atoms with van der Waals surface area (Å²) in [7, 11) is 0.